The van der Waals surface area contributed by atoms with E-state index in [1.807, 2.05) is 0 Å². The summed E-state index contributed by atoms with van der Waals surface area (Å²) < 4.78 is 15.1. The smallest absolute Gasteiger partial charge is 0.194 e. The summed E-state index contributed by atoms with van der Waals surface area (Å²) in [6.45, 7) is 7.69. The number of pyridine rings is 1. The van der Waals surface area contributed by atoms with Gasteiger partial charge in [0.1, 0.15) is 5.92 Å². The number of hydrogen-bond acceptors (Lipinski definition) is 2. The van der Waals surface area contributed by atoms with Crippen molar-refractivity contribution in [1.29, 1.82) is 0 Å². The predicted octanol–water partition coefficient (Wildman–Crippen LogP) is 0.432. The molecule has 0 N–H and O–H groups in total. The maximum atomic E-state index is 6.34. The third-order valence-electron chi connectivity index (χ3n) is 5.39. The van der Waals surface area contributed by atoms with E-state index in [-0.39, 0.29) is 34.9 Å². The highest BCUT2D eigenvalue weighted by Crippen LogP contribution is 2.55. The molecule has 1 aromatic carbocycles. The minimum atomic E-state index is -0.579. The molecule has 0 saturated heterocycles. The molecule has 3 nitrogen and oxygen atoms in total. The third-order valence-corrected chi connectivity index (χ3v) is 5.39. The lowest BCUT2D eigenvalue weighted by molar-refractivity contribution is -0.746. The van der Waals surface area contributed by atoms with Gasteiger partial charge < -0.3 is 26.5 Å². The van der Waals surface area contributed by atoms with Gasteiger partial charge in [0.15, 0.2) is 23.7 Å². The molecule has 0 saturated carbocycles. The molecule has 24 heavy (non-hydrogen) atoms. The van der Waals surface area contributed by atoms with E-state index in [4.69, 9.17) is 9.47 Å². The summed E-state index contributed by atoms with van der Waals surface area (Å²) in [7, 11) is 0. The highest BCUT2D eigenvalue weighted by molar-refractivity contribution is 5.44. The van der Waals surface area contributed by atoms with Crippen molar-refractivity contribution in [2.45, 2.75) is 38.5 Å². The van der Waals surface area contributed by atoms with Crippen LogP contribution in [-0.4, -0.2) is 19.0 Å². The van der Waals surface area contributed by atoms with Gasteiger partial charge in [-0.25, -0.2) is 0 Å². The first kappa shape index (κ1) is 17.6. The minimum absolute atomic E-state index is 0. The maximum absolute atomic E-state index is 6.34. The second-order valence-corrected chi connectivity index (χ2v) is 6.42. The van der Waals surface area contributed by atoms with Gasteiger partial charge in [0.05, 0.1) is 5.92 Å². The summed E-state index contributed by atoms with van der Waals surface area (Å²) in [5.41, 5.74) is 4.05. The average Bonchev–Trinajstić information content (AvgIpc) is 2.58. The minimum Gasteiger partial charge on any atom is -1.00 e. The van der Waals surface area contributed by atoms with E-state index in [0.29, 0.717) is 13.2 Å². The first-order chi connectivity index (χ1) is 11.2. The van der Waals surface area contributed by atoms with Crippen LogP contribution in [0.25, 0.3) is 0 Å². The highest BCUT2D eigenvalue weighted by atomic mass is 79.9. The summed E-state index contributed by atoms with van der Waals surface area (Å²) in [6.07, 6.45) is 2.20. The molecule has 1 aliphatic carbocycles. The Morgan fingerprint density at radius 3 is 2.25 bits per heavy atom. The number of halogens is 1. The fourth-order valence-electron chi connectivity index (χ4n) is 4.66. The normalized spacial score (nSPS) is 25.5. The first-order valence-corrected chi connectivity index (χ1v) is 8.61. The molecule has 5 rings (SSSR count). The van der Waals surface area contributed by atoms with Gasteiger partial charge >= 0.3 is 0 Å². The molecule has 0 amide bonds. The molecule has 0 fully saturated rings. The second kappa shape index (κ2) is 6.58. The van der Waals surface area contributed by atoms with Crippen LogP contribution in [0.1, 0.15) is 49.6 Å². The van der Waals surface area contributed by atoms with Crippen molar-refractivity contribution in [2.75, 3.05) is 13.2 Å². The molecular weight excluding hydrogens is 366 g/mol. The Morgan fingerprint density at radius 1 is 0.958 bits per heavy atom. The number of benzene rings is 1. The van der Waals surface area contributed by atoms with Crippen LogP contribution in [-0.2, 0) is 9.47 Å². The lowest BCUT2D eigenvalue weighted by Crippen LogP contribution is -3.00. The van der Waals surface area contributed by atoms with Crippen LogP contribution in [0.15, 0.2) is 48.7 Å². The first-order valence-electron chi connectivity index (χ1n) is 8.61. The van der Waals surface area contributed by atoms with Gasteiger partial charge in [-0.05, 0) is 19.4 Å². The molecule has 2 aliphatic heterocycles. The van der Waals surface area contributed by atoms with Crippen molar-refractivity contribution < 1.29 is 31.0 Å². The fourth-order valence-corrected chi connectivity index (χ4v) is 4.66. The number of rotatable bonds is 4. The van der Waals surface area contributed by atoms with E-state index < -0.39 is 5.79 Å². The summed E-state index contributed by atoms with van der Waals surface area (Å²) in [5.74, 6) is -0.217. The van der Waals surface area contributed by atoms with Crippen LogP contribution in [0.5, 0.6) is 0 Å². The molecule has 0 spiro atoms. The van der Waals surface area contributed by atoms with Crippen LogP contribution < -0.4 is 21.5 Å². The Kier molecular flexibility index (Phi) is 4.82. The quantitative estimate of drug-likeness (QED) is 0.558. The molecule has 0 radical (unpaired) electrons. The number of hydrogen-bond donors (Lipinski definition) is 0. The molecule has 3 unspecified atom stereocenters. The average molecular weight is 390 g/mol. The molecule has 4 heteroatoms. The molecule has 2 bridgehead atoms. The van der Waals surface area contributed by atoms with Crippen molar-refractivity contribution in [2.24, 2.45) is 5.92 Å². The zero-order valence-corrected chi connectivity index (χ0v) is 16.0. The SMILES string of the molecule is CCOC1(OCC)C2c3ccccc3C(C1C)[n+]1ccccc12.[Br-]. The van der Waals surface area contributed by atoms with E-state index in [0.717, 1.165) is 0 Å². The summed E-state index contributed by atoms with van der Waals surface area (Å²) in [6, 6.07) is 15.5. The van der Waals surface area contributed by atoms with Crippen molar-refractivity contribution in [3.05, 3.63) is 65.5 Å². The lowest BCUT2D eigenvalue weighted by Gasteiger charge is -2.51. The van der Waals surface area contributed by atoms with E-state index in [1.165, 1.54) is 16.8 Å². The second-order valence-electron chi connectivity index (χ2n) is 6.42. The Balaban J connectivity index is 0.00000169. The van der Waals surface area contributed by atoms with E-state index in [1.54, 1.807) is 0 Å². The molecule has 1 aromatic heterocycles. The summed E-state index contributed by atoms with van der Waals surface area (Å²) in [5, 5.41) is 0. The van der Waals surface area contributed by atoms with Gasteiger partial charge in [-0.15, -0.1) is 0 Å². The van der Waals surface area contributed by atoms with Crippen LogP contribution in [0, 0.1) is 5.92 Å². The Labute approximate surface area is 154 Å². The summed E-state index contributed by atoms with van der Waals surface area (Å²) >= 11 is 0. The Morgan fingerprint density at radius 2 is 1.58 bits per heavy atom. The van der Waals surface area contributed by atoms with Gasteiger partial charge in [-0.1, -0.05) is 37.3 Å². The largest absolute Gasteiger partial charge is 1.00 e. The van der Waals surface area contributed by atoms with E-state index in [9.17, 15) is 0 Å². The standard InChI is InChI=1S/C20H24NO2.BrH/c1-4-22-20(23-5-2)14(3)19-16-11-7-6-10-15(16)18(20)17-12-8-9-13-21(17)19;/h6-14,18-19H,4-5H2,1-3H3;1H/q+1;/p-1. The van der Waals surface area contributed by atoms with E-state index >= 15 is 0 Å². The molecule has 3 heterocycles. The van der Waals surface area contributed by atoms with Crippen LogP contribution in [0.3, 0.4) is 0 Å². The number of ether oxygens (including phenoxy) is 2. The fraction of sp³-hybridized carbons (Fsp3) is 0.450. The van der Waals surface area contributed by atoms with Crippen LogP contribution in [0.2, 0.25) is 0 Å². The van der Waals surface area contributed by atoms with Gasteiger partial charge in [-0.2, -0.15) is 4.57 Å². The molecule has 2 aromatic rings. The Hall–Kier alpha value is -1.23. The molecule has 3 atom stereocenters. The van der Waals surface area contributed by atoms with Crippen LogP contribution >= 0.6 is 0 Å². The topological polar surface area (TPSA) is 22.3 Å². The van der Waals surface area contributed by atoms with Crippen molar-refractivity contribution in [3.63, 3.8) is 0 Å². The number of fused-ring (bicyclic) bond motifs is 1. The Bertz CT molecular complexity index is 680. The van der Waals surface area contributed by atoms with Crippen molar-refractivity contribution >= 4 is 0 Å². The van der Waals surface area contributed by atoms with Gasteiger partial charge in [0, 0.05) is 30.9 Å². The van der Waals surface area contributed by atoms with E-state index in [2.05, 4.69) is 74.0 Å². The van der Waals surface area contributed by atoms with Crippen LogP contribution in [0.4, 0.5) is 0 Å². The highest BCUT2D eigenvalue weighted by Gasteiger charge is 2.64. The van der Waals surface area contributed by atoms with Crippen molar-refractivity contribution in [3.8, 4) is 0 Å². The molecule has 3 aliphatic rings. The lowest BCUT2D eigenvalue weighted by atomic mass is 9.65. The summed E-state index contributed by atoms with van der Waals surface area (Å²) in [4.78, 5) is 0. The monoisotopic (exact) mass is 389 g/mol. The number of nitrogens with zero attached hydrogens (tertiary/aromatic N) is 1. The predicted molar refractivity (Wildman–Crippen MR) is 88.2 cm³/mol. The third kappa shape index (κ3) is 2.20. The number of aromatic nitrogens is 1. The maximum Gasteiger partial charge on any atom is 0.194 e. The van der Waals surface area contributed by atoms with Gasteiger partial charge in [-0.3, -0.25) is 0 Å². The van der Waals surface area contributed by atoms with Crippen molar-refractivity contribution in [1.82, 2.24) is 0 Å². The van der Waals surface area contributed by atoms with Gasteiger partial charge in [0.25, 0.3) is 0 Å². The zero-order valence-electron chi connectivity index (χ0n) is 14.4. The van der Waals surface area contributed by atoms with Gasteiger partial charge in [0.2, 0.25) is 0 Å². The molecular formula is C20H24BrNO2. The zero-order chi connectivity index (χ0) is 16.0. The molecule has 128 valence electrons.